The lowest BCUT2D eigenvalue weighted by Gasteiger charge is -2.16. The molecule has 3 unspecified atom stereocenters. The third-order valence-electron chi connectivity index (χ3n) is 3.75. The molecule has 23 heavy (non-hydrogen) atoms. The van der Waals surface area contributed by atoms with E-state index in [4.69, 9.17) is 4.74 Å². The first-order valence-corrected chi connectivity index (χ1v) is 6.78. The van der Waals surface area contributed by atoms with Gasteiger partial charge in [0.2, 0.25) is 0 Å². The summed E-state index contributed by atoms with van der Waals surface area (Å²) >= 11 is 0. The van der Waals surface area contributed by atoms with Gasteiger partial charge in [0, 0.05) is 17.7 Å². The second-order valence-electron chi connectivity index (χ2n) is 5.26. The zero-order valence-electron chi connectivity index (χ0n) is 11.5. The Bertz CT molecular complexity index is 934. The van der Waals surface area contributed by atoms with Gasteiger partial charge in [0.15, 0.2) is 5.78 Å². The molecule has 0 bridgehead atoms. The molecule has 1 aliphatic carbocycles. The third-order valence-corrected chi connectivity index (χ3v) is 3.75. The minimum atomic E-state index is -1.11. The topological polar surface area (TPSA) is 138 Å². The fourth-order valence-corrected chi connectivity index (χ4v) is 2.51. The van der Waals surface area contributed by atoms with Gasteiger partial charge in [0.25, 0.3) is 11.5 Å². The van der Waals surface area contributed by atoms with Crippen molar-refractivity contribution < 1.29 is 19.4 Å². The number of rotatable bonds is 2. The molecule has 0 aromatic carbocycles. The van der Waals surface area contributed by atoms with Crippen LogP contribution >= 0.6 is 0 Å². The summed E-state index contributed by atoms with van der Waals surface area (Å²) in [5.74, 6) is -1.06. The average Bonchev–Trinajstić information content (AvgIpc) is 3.33. The number of hydrogen-bond acceptors (Lipinski definition) is 7. The highest BCUT2D eigenvalue weighted by molar-refractivity contribution is 6.01. The number of carbonyl (C=O) groups excluding carboxylic acids is 2. The minimum absolute atomic E-state index is 0.0163. The highest BCUT2D eigenvalue weighted by Crippen LogP contribution is 2.33. The molecule has 9 nitrogen and oxygen atoms in total. The number of pyridine rings is 1. The Labute approximate surface area is 128 Å². The molecule has 1 saturated heterocycles. The van der Waals surface area contributed by atoms with Crippen LogP contribution in [0.15, 0.2) is 35.2 Å². The van der Waals surface area contributed by atoms with Gasteiger partial charge < -0.3 is 20.1 Å². The number of nitrogens with one attached hydrogen (secondary N) is 2. The van der Waals surface area contributed by atoms with Crippen molar-refractivity contribution >= 4 is 22.7 Å². The van der Waals surface area contributed by atoms with Gasteiger partial charge in [-0.3, -0.25) is 14.4 Å². The van der Waals surface area contributed by atoms with E-state index in [-0.39, 0.29) is 17.0 Å². The number of epoxide rings is 1. The zero-order valence-corrected chi connectivity index (χ0v) is 11.5. The number of ketones is 1. The van der Waals surface area contributed by atoms with Crippen molar-refractivity contribution in [3.05, 3.63) is 46.3 Å². The monoisotopic (exact) mass is 314 g/mol. The Kier molecular flexibility index (Phi) is 2.86. The zero-order chi connectivity index (χ0) is 16.1. The molecule has 3 atom stereocenters. The first-order chi connectivity index (χ1) is 11.0. The molecule has 3 N–H and O–H groups in total. The molecular formula is C14H10N4O5. The van der Waals surface area contributed by atoms with E-state index in [0.717, 1.165) is 6.08 Å². The Hall–Kier alpha value is -2.91. The summed E-state index contributed by atoms with van der Waals surface area (Å²) in [7, 11) is 0. The number of fused-ring (bicyclic) bond motifs is 2. The number of carbonyl (C=O) groups is 2. The largest absolute Gasteiger partial charge is 0.384 e. The van der Waals surface area contributed by atoms with Crippen LogP contribution in [0.5, 0.6) is 0 Å². The molecule has 3 heterocycles. The Balaban J connectivity index is 1.66. The summed E-state index contributed by atoms with van der Waals surface area (Å²) in [6.07, 6.45) is 1.48. The van der Waals surface area contributed by atoms with E-state index in [1.54, 1.807) is 0 Å². The Morgan fingerprint density at radius 1 is 1.39 bits per heavy atom. The van der Waals surface area contributed by atoms with Crippen LogP contribution in [0.2, 0.25) is 0 Å². The summed E-state index contributed by atoms with van der Waals surface area (Å²) in [6, 6.07) is 1.34. The van der Waals surface area contributed by atoms with Gasteiger partial charge in [-0.25, -0.2) is 9.97 Å². The number of aliphatic hydroxyl groups excluding tert-OH is 1. The van der Waals surface area contributed by atoms with Gasteiger partial charge in [-0.2, -0.15) is 0 Å². The molecule has 2 aromatic rings. The maximum absolute atomic E-state index is 12.3. The predicted molar refractivity (Wildman–Crippen MR) is 75.4 cm³/mol. The lowest BCUT2D eigenvalue weighted by Crippen LogP contribution is -2.39. The van der Waals surface area contributed by atoms with Gasteiger partial charge in [-0.15, -0.1) is 0 Å². The maximum atomic E-state index is 12.3. The van der Waals surface area contributed by atoms with E-state index in [1.165, 1.54) is 18.6 Å². The molecule has 0 spiro atoms. The number of hydrogen-bond donors (Lipinski definition) is 3. The van der Waals surface area contributed by atoms with Crippen LogP contribution in [0.4, 0.5) is 0 Å². The number of ether oxygens (including phenoxy) is 1. The summed E-state index contributed by atoms with van der Waals surface area (Å²) in [4.78, 5) is 46.0. The summed E-state index contributed by atoms with van der Waals surface area (Å²) in [5.41, 5.74) is -0.483. The molecule has 0 saturated carbocycles. The van der Waals surface area contributed by atoms with E-state index in [0.29, 0.717) is 11.0 Å². The fraction of sp³-hybridized carbons (Fsp3) is 0.214. The lowest BCUT2D eigenvalue weighted by atomic mass is 10.0. The van der Waals surface area contributed by atoms with Crippen molar-refractivity contribution in [2.45, 2.75) is 18.3 Å². The summed E-state index contributed by atoms with van der Waals surface area (Å²) in [5, 5.41) is 12.8. The van der Waals surface area contributed by atoms with Crippen LogP contribution in [-0.2, 0) is 9.53 Å². The van der Waals surface area contributed by atoms with Crippen molar-refractivity contribution in [3.8, 4) is 0 Å². The van der Waals surface area contributed by atoms with Crippen molar-refractivity contribution in [2.24, 2.45) is 0 Å². The standard InChI is InChI=1S/C14H10N4O5/c19-8-2-7(9(20)11-10(8)23-11)17-13(21)6-1-5-3-15-4-16-12(5)18-14(6)22/h1-4,9-11,20H,(H,17,21)(H,15,16,18,22). The molecule has 9 heteroatoms. The number of aliphatic hydroxyl groups is 1. The van der Waals surface area contributed by atoms with E-state index < -0.39 is 29.8 Å². The second kappa shape index (κ2) is 4.80. The first-order valence-electron chi connectivity index (χ1n) is 6.78. The molecule has 2 aromatic heterocycles. The Morgan fingerprint density at radius 2 is 2.22 bits per heavy atom. The average molecular weight is 314 g/mol. The van der Waals surface area contributed by atoms with E-state index in [1.807, 2.05) is 0 Å². The molecule has 2 aliphatic rings. The quantitative estimate of drug-likeness (QED) is 0.582. The first kappa shape index (κ1) is 13.7. The molecule has 1 aliphatic heterocycles. The van der Waals surface area contributed by atoms with Gasteiger partial charge in [0.1, 0.15) is 35.8 Å². The highest BCUT2D eigenvalue weighted by Gasteiger charge is 2.53. The van der Waals surface area contributed by atoms with Crippen molar-refractivity contribution in [1.29, 1.82) is 0 Å². The summed E-state index contributed by atoms with van der Waals surface area (Å²) < 4.78 is 5.01. The minimum Gasteiger partial charge on any atom is -0.384 e. The SMILES string of the molecule is O=C(NC1=CC(=O)C2OC2C1O)c1cc2cncnc2[nH]c1=O. The van der Waals surface area contributed by atoms with Crippen LogP contribution in [-0.4, -0.2) is 50.1 Å². The number of aromatic amines is 1. The molecule has 4 rings (SSSR count). The van der Waals surface area contributed by atoms with E-state index >= 15 is 0 Å². The second-order valence-corrected chi connectivity index (χ2v) is 5.26. The van der Waals surface area contributed by atoms with Crippen LogP contribution in [0.3, 0.4) is 0 Å². The van der Waals surface area contributed by atoms with Crippen molar-refractivity contribution in [3.63, 3.8) is 0 Å². The summed E-state index contributed by atoms with van der Waals surface area (Å²) in [6.45, 7) is 0. The number of nitrogens with zero attached hydrogens (tertiary/aromatic N) is 2. The molecule has 1 fully saturated rings. The lowest BCUT2D eigenvalue weighted by molar-refractivity contribution is -0.116. The number of H-pyrrole nitrogens is 1. The Morgan fingerprint density at radius 3 is 3.04 bits per heavy atom. The van der Waals surface area contributed by atoms with E-state index in [2.05, 4.69) is 20.3 Å². The van der Waals surface area contributed by atoms with Gasteiger partial charge in [-0.05, 0) is 6.07 Å². The molecule has 0 radical (unpaired) electrons. The molecular weight excluding hydrogens is 304 g/mol. The third kappa shape index (κ3) is 2.22. The van der Waals surface area contributed by atoms with Crippen LogP contribution in [0.1, 0.15) is 10.4 Å². The highest BCUT2D eigenvalue weighted by atomic mass is 16.6. The molecule has 116 valence electrons. The van der Waals surface area contributed by atoms with Crippen molar-refractivity contribution in [2.75, 3.05) is 0 Å². The van der Waals surface area contributed by atoms with Gasteiger partial charge >= 0.3 is 0 Å². The van der Waals surface area contributed by atoms with Gasteiger partial charge in [-0.1, -0.05) is 0 Å². The maximum Gasteiger partial charge on any atom is 0.262 e. The molecule has 1 amide bonds. The van der Waals surface area contributed by atoms with Crippen LogP contribution in [0.25, 0.3) is 11.0 Å². The smallest absolute Gasteiger partial charge is 0.262 e. The normalized spacial score (nSPS) is 25.7. The number of aromatic nitrogens is 3. The predicted octanol–water partition coefficient (Wildman–Crippen LogP) is -1.36. The van der Waals surface area contributed by atoms with E-state index in [9.17, 15) is 19.5 Å². The van der Waals surface area contributed by atoms with Gasteiger partial charge in [0.05, 0.1) is 5.70 Å². The fourth-order valence-electron chi connectivity index (χ4n) is 2.51. The van der Waals surface area contributed by atoms with Crippen LogP contribution < -0.4 is 10.9 Å². The number of amides is 1. The van der Waals surface area contributed by atoms with Crippen LogP contribution in [0, 0.1) is 0 Å². The van der Waals surface area contributed by atoms with Crippen molar-refractivity contribution in [1.82, 2.24) is 20.3 Å².